The molecule has 5 aromatic rings. The predicted octanol–water partition coefficient (Wildman–Crippen LogP) is 2.14. The lowest BCUT2D eigenvalue weighted by molar-refractivity contribution is -0.183. The molecular formula is C31H31FN10O11P2S. The topological polar surface area (TPSA) is 262 Å². The molecule has 0 saturated carbocycles. The number of aromatic nitrogens is 8. The first-order valence-corrected chi connectivity index (χ1v) is 20.7. The maximum Gasteiger partial charge on any atom is 0.327 e. The number of ether oxygens (including phenoxy) is 3. The van der Waals surface area contributed by atoms with E-state index in [9.17, 15) is 24.6 Å². The van der Waals surface area contributed by atoms with Gasteiger partial charge in [-0.1, -0.05) is 18.2 Å². The number of hydrogen-bond donors (Lipinski definition) is 3. The molecule has 0 spiro atoms. The molecule has 25 heteroatoms. The minimum absolute atomic E-state index is 0.116. The van der Waals surface area contributed by atoms with E-state index in [1.54, 1.807) is 30.3 Å². The van der Waals surface area contributed by atoms with Crippen molar-refractivity contribution in [2.75, 3.05) is 31.7 Å². The van der Waals surface area contributed by atoms with Gasteiger partial charge in [0.05, 0.1) is 57.8 Å². The van der Waals surface area contributed by atoms with Crippen molar-refractivity contribution in [2.45, 2.75) is 55.1 Å². The van der Waals surface area contributed by atoms with Gasteiger partial charge < -0.3 is 43.1 Å². The van der Waals surface area contributed by atoms with Gasteiger partial charge in [0, 0.05) is 5.56 Å². The SMILES string of the molecule is N#CCCOP(=S)(OC[C@@]12CO[C@@H]([C@H](n3cnc4c(NC(=O)c5ccccc5)ncnc43)O1)[C@@H]2O[PH](=O)O)O[C@H]1[C@@H](F)[C@H](n2cnc3cncnc32)O[C@@H]1CO. The third-order valence-corrected chi connectivity index (χ3v) is 12.0. The molecule has 3 aliphatic heterocycles. The van der Waals surface area contributed by atoms with Crippen LogP contribution in [0, 0.1) is 11.3 Å². The minimum atomic E-state index is -4.06. The van der Waals surface area contributed by atoms with Crippen molar-refractivity contribution in [1.82, 2.24) is 39.0 Å². The van der Waals surface area contributed by atoms with E-state index in [0.717, 1.165) is 0 Å². The van der Waals surface area contributed by atoms with Crippen LogP contribution < -0.4 is 5.32 Å². The maximum absolute atomic E-state index is 16.3. The van der Waals surface area contributed by atoms with Gasteiger partial charge in [0.15, 0.2) is 41.3 Å². The van der Waals surface area contributed by atoms with Gasteiger partial charge in [-0.3, -0.25) is 23.0 Å². The molecule has 3 aliphatic rings. The molecule has 0 aliphatic carbocycles. The number of imidazole rings is 2. The Kier molecular flexibility index (Phi) is 11.0. The Bertz CT molecular complexity index is 2360. The number of nitrogens with one attached hydrogen (secondary N) is 1. The van der Waals surface area contributed by atoms with Crippen LogP contribution in [0.15, 0.2) is 61.8 Å². The van der Waals surface area contributed by atoms with Crippen molar-refractivity contribution in [1.29, 1.82) is 5.26 Å². The fourth-order valence-corrected chi connectivity index (χ4v) is 9.39. The molecule has 1 aromatic carbocycles. The van der Waals surface area contributed by atoms with Crippen molar-refractivity contribution < 1.29 is 56.1 Å². The number of carbonyl (C=O) groups excluding carboxylic acids is 1. The summed E-state index contributed by atoms with van der Waals surface area (Å²) in [6.07, 6.45) is -2.90. The number of carbonyl (C=O) groups is 1. The Balaban J connectivity index is 1.04. The molecular weight excluding hydrogens is 801 g/mol. The zero-order chi connectivity index (χ0) is 39.0. The van der Waals surface area contributed by atoms with Crippen LogP contribution in [0.1, 0.15) is 29.2 Å². The zero-order valence-corrected chi connectivity index (χ0v) is 31.4. The molecule has 4 aromatic heterocycles. The van der Waals surface area contributed by atoms with Gasteiger partial charge in [-0.15, -0.1) is 0 Å². The molecule has 10 atom stereocenters. The number of rotatable bonds is 15. The molecule has 2 bridgehead atoms. The monoisotopic (exact) mass is 832 g/mol. The number of aliphatic hydroxyl groups excluding tert-OH is 1. The molecule has 2 unspecified atom stereocenters. The average Bonchev–Trinajstić information content (AvgIpc) is 4.02. The molecule has 8 rings (SSSR count). The van der Waals surface area contributed by atoms with E-state index in [2.05, 4.69) is 35.2 Å². The first-order valence-electron chi connectivity index (χ1n) is 16.8. The lowest BCUT2D eigenvalue weighted by atomic mass is 10.0. The standard InChI is InChI=1S/C31H31FN10O11P2S/c32-20-22(19(10-43)50-29(20)41-15-38-18-9-34-13-36-26(18)41)53-55(56,48-8-4-7-33)49-12-31-11-47-23(24(31)52-54(45)46)30(51-31)42-16-39-21-25(35-14-37-27(21)42)40-28(44)17-5-2-1-3-6-17/h1-3,5-6,9,13-16,19-20,22-24,29-30,43,54H,4,8,10-12H2,(H,45,46)(H,35,37,40,44)/t19-,20-,22-,23-,24+,29-,30-,31-,55?/m1/s1. The summed E-state index contributed by atoms with van der Waals surface area (Å²) in [4.78, 5) is 48.0. The number of aliphatic hydroxyl groups is 1. The van der Waals surface area contributed by atoms with Crippen molar-refractivity contribution in [3.63, 3.8) is 0 Å². The molecule has 21 nitrogen and oxygen atoms in total. The van der Waals surface area contributed by atoms with Crippen LogP contribution in [0.4, 0.5) is 10.2 Å². The van der Waals surface area contributed by atoms with Crippen LogP contribution in [0.5, 0.6) is 0 Å². The summed E-state index contributed by atoms with van der Waals surface area (Å²) in [5.74, 6) is -0.314. The maximum atomic E-state index is 16.3. The van der Waals surface area contributed by atoms with E-state index < -0.39 is 82.7 Å². The van der Waals surface area contributed by atoms with Crippen LogP contribution in [0.3, 0.4) is 0 Å². The van der Waals surface area contributed by atoms with Gasteiger partial charge in [0.25, 0.3) is 5.91 Å². The summed E-state index contributed by atoms with van der Waals surface area (Å²) in [5.41, 5.74) is -0.143. The highest BCUT2D eigenvalue weighted by Gasteiger charge is 2.64. The lowest BCUT2D eigenvalue weighted by Crippen LogP contribution is -2.45. The second-order valence-electron chi connectivity index (χ2n) is 12.6. The molecule has 7 heterocycles. The van der Waals surface area contributed by atoms with Gasteiger partial charge in [0.1, 0.15) is 48.2 Å². The van der Waals surface area contributed by atoms with Gasteiger partial charge in [-0.25, -0.2) is 34.3 Å². The van der Waals surface area contributed by atoms with Crippen LogP contribution in [0.2, 0.25) is 0 Å². The van der Waals surface area contributed by atoms with Crippen LogP contribution >= 0.6 is 15.0 Å². The number of halogens is 1. The average molecular weight is 833 g/mol. The second kappa shape index (κ2) is 15.9. The number of hydrogen-bond acceptors (Lipinski definition) is 18. The van der Waals surface area contributed by atoms with Crippen LogP contribution in [-0.2, 0) is 48.7 Å². The summed E-state index contributed by atoms with van der Waals surface area (Å²) in [7, 11) is -3.60. The summed E-state index contributed by atoms with van der Waals surface area (Å²) in [6, 6.07) is 10.4. The molecule has 56 heavy (non-hydrogen) atoms. The zero-order valence-electron chi connectivity index (χ0n) is 28.7. The molecule has 3 N–H and O–H groups in total. The van der Waals surface area contributed by atoms with Gasteiger partial charge in [-0.2, -0.15) is 5.26 Å². The van der Waals surface area contributed by atoms with Crippen LogP contribution in [-0.4, -0.2) is 118 Å². The third kappa shape index (κ3) is 7.24. The third-order valence-electron chi connectivity index (χ3n) is 9.24. The highest BCUT2D eigenvalue weighted by Crippen LogP contribution is 2.57. The highest BCUT2D eigenvalue weighted by atomic mass is 32.5. The molecule has 3 fully saturated rings. The normalized spacial score (nSPS) is 28.7. The number of benzene rings is 1. The first kappa shape index (κ1) is 38.6. The van der Waals surface area contributed by atoms with Gasteiger partial charge in [-0.05, 0) is 23.9 Å². The van der Waals surface area contributed by atoms with E-state index in [-0.39, 0.29) is 42.3 Å². The van der Waals surface area contributed by atoms with Crippen LogP contribution in [0.25, 0.3) is 22.3 Å². The predicted molar refractivity (Wildman–Crippen MR) is 191 cm³/mol. The highest BCUT2D eigenvalue weighted by molar-refractivity contribution is 8.07. The molecule has 3 saturated heterocycles. The Morgan fingerprint density at radius 2 is 1.91 bits per heavy atom. The second-order valence-corrected chi connectivity index (χ2v) is 16.4. The van der Waals surface area contributed by atoms with Gasteiger partial charge in [0.2, 0.25) is 0 Å². The number of amides is 1. The van der Waals surface area contributed by atoms with Crippen molar-refractivity contribution in [2.24, 2.45) is 0 Å². The number of nitrogens with zero attached hydrogens (tertiary/aromatic N) is 9. The fraction of sp³-hybridized carbons (Fsp3) is 0.419. The number of alkyl halides is 1. The van der Waals surface area contributed by atoms with Crippen molar-refractivity contribution in [3.8, 4) is 6.07 Å². The first-order chi connectivity index (χ1) is 27.1. The quantitative estimate of drug-likeness (QED) is 0.101. The Labute approximate surface area is 320 Å². The van der Waals surface area contributed by atoms with Crippen molar-refractivity contribution >= 4 is 60.8 Å². The Morgan fingerprint density at radius 3 is 2.70 bits per heavy atom. The smallest absolute Gasteiger partial charge is 0.327 e. The fourth-order valence-electron chi connectivity index (χ4n) is 6.70. The number of anilines is 1. The van der Waals surface area contributed by atoms with E-state index in [1.807, 2.05) is 6.07 Å². The lowest BCUT2D eigenvalue weighted by Gasteiger charge is -2.34. The summed E-state index contributed by atoms with van der Waals surface area (Å²) >= 11 is 5.73. The molecule has 0 radical (unpaired) electrons. The molecule has 1 amide bonds. The largest absolute Gasteiger partial charge is 0.394 e. The summed E-state index contributed by atoms with van der Waals surface area (Å²) in [6.45, 7) is -5.73. The Morgan fingerprint density at radius 1 is 1.12 bits per heavy atom. The molecule has 294 valence electrons. The number of fused-ring (bicyclic) bond motifs is 4. The Hall–Kier alpha value is -4.27. The van der Waals surface area contributed by atoms with E-state index in [4.69, 9.17) is 44.1 Å². The van der Waals surface area contributed by atoms with E-state index >= 15 is 4.39 Å². The van der Waals surface area contributed by atoms with Gasteiger partial charge >= 0.3 is 15.0 Å². The van der Waals surface area contributed by atoms with E-state index in [1.165, 1.54) is 40.6 Å². The van der Waals surface area contributed by atoms with E-state index in [0.29, 0.717) is 11.1 Å². The number of nitriles is 1. The minimum Gasteiger partial charge on any atom is -0.394 e. The summed E-state index contributed by atoms with van der Waals surface area (Å²) in [5, 5.41) is 22.1. The van der Waals surface area contributed by atoms with Crippen molar-refractivity contribution in [3.05, 3.63) is 67.4 Å². The summed E-state index contributed by atoms with van der Waals surface area (Å²) < 4.78 is 73.1.